The molecule has 5 N–H and O–H groups in total. The Labute approximate surface area is 166 Å². The topological polar surface area (TPSA) is 144 Å². The number of carbonyl (C=O) groups excluding carboxylic acids is 2. The van der Waals surface area contributed by atoms with Crippen LogP contribution >= 0.6 is 0 Å². The number of hydrogen-bond donors (Lipinski definition) is 4. The van der Waals surface area contributed by atoms with Gasteiger partial charge in [0.05, 0.1) is 19.7 Å². The zero-order chi connectivity index (χ0) is 21.1. The van der Waals surface area contributed by atoms with Crippen LogP contribution in [0.1, 0.15) is 20.8 Å². The molecule has 0 aliphatic carbocycles. The zero-order valence-electron chi connectivity index (χ0n) is 15.7. The largest absolute Gasteiger partial charge is 0.497 e. The summed E-state index contributed by atoms with van der Waals surface area (Å²) in [6.07, 6.45) is 0. The summed E-state index contributed by atoms with van der Waals surface area (Å²) >= 11 is 0. The van der Waals surface area contributed by atoms with E-state index in [-0.39, 0.29) is 22.4 Å². The minimum absolute atomic E-state index is 0.00499. The number of nitrogens with two attached hydrogens (primary N) is 1. The van der Waals surface area contributed by atoms with Crippen molar-refractivity contribution in [2.45, 2.75) is 0 Å². The molecular weight excluding hydrogens is 377 g/mol. The van der Waals surface area contributed by atoms with E-state index >= 15 is 0 Å². The molecule has 0 spiro atoms. The van der Waals surface area contributed by atoms with Crippen molar-refractivity contribution in [1.29, 1.82) is 0 Å². The van der Waals surface area contributed by atoms with Gasteiger partial charge in [-0.05, 0) is 35.8 Å². The summed E-state index contributed by atoms with van der Waals surface area (Å²) in [6, 6.07) is 10.5. The zero-order valence-corrected chi connectivity index (χ0v) is 15.7. The molecule has 1 heterocycles. The van der Waals surface area contributed by atoms with Gasteiger partial charge in [-0.25, -0.2) is 4.98 Å². The molecule has 10 heteroatoms. The van der Waals surface area contributed by atoms with E-state index in [4.69, 9.17) is 15.2 Å². The predicted molar refractivity (Wildman–Crippen MR) is 108 cm³/mol. The summed E-state index contributed by atoms with van der Waals surface area (Å²) in [5.74, 6) is -0.353. The number of amides is 2. The number of ether oxygens (including phenoxy) is 2. The molecule has 0 unspecified atom stereocenters. The van der Waals surface area contributed by atoms with Crippen LogP contribution in [0.25, 0.3) is 10.9 Å². The Balaban J connectivity index is 2.00. The van der Waals surface area contributed by atoms with Gasteiger partial charge in [-0.2, -0.15) is 0 Å². The molecule has 0 fully saturated rings. The Morgan fingerprint density at radius 3 is 2.45 bits per heavy atom. The molecule has 1 aromatic heterocycles. The lowest BCUT2D eigenvalue weighted by molar-refractivity contribution is 0.0995. The maximum atomic E-state index is 12.7. The van der Waals surface area contributed by atoms with Gasteiger partial charge in [0.2, 0.25) is 5.91 Å². The molecule has 2 aromatic carbocycles. The van der Waals surface area contributed by atoms with E-state index in [0.29, 0.717) is 22.4 Å². The number of rotatable bonds is 6. The summed E-state index contributed by atoms with van der Waals surface area (Å²) < 4.78 is 10.5. The molecule has 9 nitrogen and oxygen atoms in total. The molecule has 2 amide bonds. The van der Waals surface area contributed by atoms with Crippen LogP contribution in [-0.2, 0) is 0 Å². The van der Waals surface area contributed by atoms with Crippen LogP contribution in [0.2, 0.25) is 0 Å². The predicted octanol–water partition coefficient (Wildman–Crippen LogP) is 0.283. The van der Waals surface area contributed by atoms with Crippen LogP contribution in [0.3, 0.4) is 0 Å². The first-order chi connectivity index (χ1) is 13.8. The lowest BCUT2D eigenvalue weighted by Gasteiger charge is -2.12. The van der Waals surface area contributed by atoms with Crippen molar-refractivity contribution in [3.63, 3.8) is 0 Å². The van der Waals surface area contributed by atoms with Gasteiger partial charge in [-0.15, -0.1) is 0 Å². The lowest BCUT2D eigenvalue weighted by atomic mass is 9.79. The van der Waals surface area contributed by atoms with Crippen molar-refractivity contribution in [2.24, 2.45) is 5.73 Å². The molecule has 0 saturated heterocycles. The molecule has 0 bridgehead atoms. The smallest absolute Gasteiger partial charge is 0.488 e. The van der Waals surface area contributed by atoms with E-state index in [9.17, 15) is 19.6 Å². The Hall–Kier alpha value is -3.63. The molecule has 148 valence electrons. The van der Waals surface area contributed by atoms with Crippen LogP contribution in [0.5, 0.6) is 11.5 Å². The summed E-state index contributed by atoms with van der Waals surface area (Å²) in [6.45, 7) is 0. The van der Waals surface area contributed by atoms with Gasteiger partial charge in [0.1, 0.15) is 17.2 Å². The van der Waals surface area contributed by atoms with Crippen molar-refractivity contribution in [2.75, 3.05) is 19.5 Å². The third kappa shape index (κ3) is 4.28. The second-order valence-electron chi connectivity index (χ2n) is 6.13. The van der Waals surface area contributed by atoms with Crippen molar-refractivity contribution in [3.8, 4) is 11.5 Å². The third-order valence-corrected chi connectivity index (χ3v) is 4.23. The van der Waals surface area contributed by atoms with E-state index in [1.165, 1.54) is 38.5 Å². The molecule has 3 rings (SSSR count). The molecular formula is C19H18BN3O6. The highest BCUT2D eigenvalue weighted by atomic mass is 16.5. The number of hydrogen-bond acceptors (Lipinski definition) is 7. The fourth-order valence-corrected chi connectivity index (χ4v) is 2.80. The molecule has 29 heavy (non-hydrogen) atoms. The van der Waals surface area contributed by atoms with Crippen LogP contribution in [-0.4, -0.2) is 48.2 Å². The number of benzene rings is 2. The van der Waals surface area contributed by atoms with Crippen LogP contribution in [0.4, 0.5) is 5.69 Å². The van der Waals surface area contributed by atoms with E-state index in [1.807, 2.05) is 0 Å². The molecule has 3 aromatic rings. The first kappa shape index (κ1) is 20.1. The number of pyridine rings is 1. The number of anilines is 1. The van der Waals surface area contributed by atoms with Crippen molar-refractivity contribution >= 4 is 41.0 Å². The van der Waals surface area contributed by atoms with Gasteiger partial charge >= 0.3 is 7.12 Å². The molecule has 0 aliphatic rings. The normalized spacial score (nSPS) is 10.5. The Bertz CT molecular complexity index is 1100. The minimum Gasteiger partial charge on any atom is -0.497 e. The average molecular weight is 395 g/mol. The molecule has 0 saturated carbocycles. The van der Waals surface area contributed by atoms with Gasteiger partial charge in [0, 0.05) is 28.8 Å². The SMILES string of the molecule is COc1ccc2c(OC)cc(C(=O)Nc3cc(B(O)O)cc(C(N)=O)c3)nc2c1. The fraction of sp³-hybridized carbons (Fsp3) is 0.105. The lowest BCUT2D eigenvalue weighted by Crippen LogP contribution is -2.31. The van der Waals surface area contributed by atoms with Crippen LogP contribution < -0.4 is 26.0 Å². The van der Waals surface area contributed by atoms with Crippen LogP contribution in [0, 0.1) is 0 Å². The standard InChI is InChI=1S/C19H18BN3O6/c1-28-13-3-4-14-15(8-13)23-16(9-17(14)29-2)19(25)22-12-6-10(18(21)24)5-11(7-12)20(26)27/h3-9,26-27H,1-2H3,(H2,21,24)(H,22,25). The highest BCUT2D eigenvalue weighted by molar-refractivity contribution is 6.58. The number of fused-ring (bicyclic) bond motifs is 1. The number of primary amides is 1. The van der Waals surface area contributed by atoms with E-state index in [1.54, 1.807) is 18.2 Å². The van der Waals surface area contributed by atoms with Crippen molar-refractivity contribution in [1.82, 2.24) is 4.98 Å². The van der Waals surface area contributed by atoms with Gasteiger partial charge < -0.3 is 30.6 Å². The monoisotopic (exact) mass is 395 g/mol. The van der Waals surface area contributed by atoms with E-state index < -0.39 is 18.9 Å². The van der Waals surface area contributed by atoms with Gasteiger partial charge in [0.15, 0.2) is 0 Å². The first-order valence-electron chi connectivity index (χ1n) is 8.47. The van der Waals surface area contributed by atoms with Gasteiger partial charge in [0.25, 0.3) is 5.91 Å². The van der Waals surface area contributed by atoms with Gasteiger partial charge in [-0.3, -0.25) is 9.59 Å². The third-order valence-electron chi connectivity index (χ3n) is 4.23. The average Bonchev–Trinajstić information content (AvgIpc) is 2.71. The number of nitrogens with one attached hydrogen (secondary N) is 1. The van der Waals surface area contributed by atoms with Crippen molar-refractivity contribution in [3.05, 3.63) is 53.7 Å². The molecule has 0 atom stereocenters. The fourth-order valence-electron chi connectivity index (χ4n) is 2.80. The first-order valence-corrected chi connectivity index (χ1v) is 8.47. The second kappa shape index (κ2) is 8.17. The summed E-state index contributed by atoms with van der Waals surface area (Å²) in [4.78, 5) is 28.6. The summed E-state index contributed by atoms with van der Waals surface area (Å²) in [7, 11) is 1.16. The maximum Gasteiger partial charge on any atom is 0.488 e. The number of nitrogens with zero attached hydrogens (tertiary/aromatic N) is 1. The Morgan fingerprint density at radius 1 is 1.07 bits per heavy atom. The van der Waals surface area contributed by atoms with E-state index in [0.717, 1.165) is 0 Å². The second-order valence-corrected chi connectivity index (χ2v) is 6.13. The quantitative estimate of drug-likeness (QED) is 0.439. The van der Waals surface area contributed by atoms with E-state index in [2.05, 4.69) is 10.3 Å². The molecule has 0 radical (unpaired) electrons. The maximum absolute atomic E-state index is 12.7. The summed E-state index contributed by atoms with van der Waals surface area (Å²) in [5, 5.41) is 22.1. The molecule has 0 aliphatic heterocycles. The minimum atomic E-state index is -1.84. The Kier molecular flexibility index (Phi) is 5.67. The highest BCUT2D eigenvalue weighted by Crippen LogP contribution is 2.28. The van der Waals surface area contributed by atoms with Crippen LogP contribution in [0.15, 0.2) is 42.5 Å². The number of aromatic nitrogens is 1. The van der Waals surface area contributed by atoms with Crippen molar-refractivity contribution < 1.29 is 29.1 Å². The Morgan fingerprint density at radius 2 is 1.83 bits per heavy atom. The number of carbonyl (C=O) groups is 2. The van der Waals surface area contributed by atoms with Gasteiger partial charge in [-0.1, -0.05) is 0 Å². The summed E-state index contributed by atoms with van der Waals surface area (Å²) in [5.41, 5.74) is 5.98. The number of methoxy groups -OCH3 is 2. The highest BCUT2D eigenvalue weighted by Gasteiger charge is 2.18.